The number of rotatable bonds is 3. The Bertz CT molecular complexity index is 517. The van der Waals surface area contributed by atoms with Crippen LogP contribution in [0.5, 0.6) is 5.75 Å². The molecule has 0 spiro atoms. The first-order chi connectivity index (χ1) is 9.04. The number of methoxy groups -OCH3 is 1. The summed E-state index contributed by atoms with van der Waals surface area (Å²) >= 11 is 6.04. The molecule has 0 unspecified atom stereocenters. The van der Waals surface area contributed by atoms with E-state index < -0.39 is 11.9 Å². The Kier molecular flexibility index (Phi) is 3.95. The summed E-state index contributed by atoms with van der Waals surface area (Å²) in [7, 11) is 1.46. The molecular formula is C13H14ClNO4. The lowest BCUT2D eigenvalue weighted by Gasteiger charge is -2.18. The summed E-state index contributed by atoms with van der Waals surface area (Å²) < 4.78 is 5.13. The summed E-state index contributed by atoms with van der Waals surface area (Å²) in [6.07, 6.45) is 0.466. The lowest BCUT2D eigenvalue weighted by atomic mass is 10.1. The highest BCUT2D eigenvalue weighted by molar-refractivity contribution is 6.34. The summed E-state index contributed by atoms with van der Waals surface area (Å²) in [5.74, 6) is -1.26. The fourth-order valence-electron chi connectivity index (χ4n) is 2.19. The number of carbonyl (C=O) groups is 2. The molecule has 1 fully saturated rings. The van der Waals surface area contributed by atoms with Crippen molar-refractivity contribution >= 4 is 23.5 Å². The number of ether oxygens (including phenoxy) is 1. The van der Waals surface area contributed by atoms with Crippen molar-refractivity contribution in [2.45, 2.75) is 6.42 Å². The van der Waals surface area contributed by atoms with Crippen LogP contribution in [0.15, 0.2) is 18.2 Å². The van der Waals surface area contributed by atoms with E-state index >= 15 is 0 Å². The van der Waals surface area contributed by atoms with E-state index in [1.165, 1.54) is 12.0 Å². The number of carboxylic acids is 1. The van der Waals surface area contributed by atoms with Crippen molar-refractivity contribution in [2.24, 2.45) is 5.92 Å². The second kappa shape index (κ2) is 5.48. The van der Waals surface area contributed by atoms with Crippen molar-refractivity contribution in [1.29, 1.82) is 0 Å². The number of hydrogen-bond acceptors (Lipinski definition) is 3. The Morgan fingerprint density at radius 1 is 1.47 bits per heavy atom. The van der Waals surface area contributed by atoms with Gasteiger partial charge in [0.15, 0.2) is 0 Å². The minimum Gasteiger partial charge on any atom is -0.496 e. The molecule has 1 aliphatic heterocycles. The molecule has 1 aromatic rings. The zero-order chi connectivity index (χ0) is 14.0. The molecule has 5 nitrogen and oxygen atoms in total. The number of hydrogen-bond donors (Lipinski definition) is 1. The third-order valence-electron chi connectivity index (χ3n) is 3.23. The van der Waals surface area contributed by atoms with Gasteiger partial charge < -0.3 is 14.7 Å². The van der Waals surface area contributed by atoms with Crippen LogP contribution >= 0.6 is 11.6 Å². The van der Waals surface area contributed by atoms with Gasteiger partial charge in [0, 0.05) is 13.1 Å². The van der Waals surface area contributed by atoms with Gasteiger partial charge in [0.25, 0.3) is 5.91 Å². The number of halogens is 1. The molecule has 0 radical (unpaired) electrons. The van der Waals surface area contributed by atoms with Crippen LogP contribution in [-0.2, 0) is 4.79 Å². The molecule has 0 bridgehead atoms. The molecule has 1 atom stereocenters. The van der Waals surface area contributed by atoms with Gasteiger partial charge in [-0.3, -0.25) is 9.59 Å². The Labute approximate surface area is 115 Å². The van der Waals surface area contributed by atoms with E-state index in [1.807, 2.05) is 0 Å². The van der Waals surface area contributed by atoms with E-state index in [-0.39, 0.29) is 18.0 Å². The standard InChI is InChI=1S/C13H14ClNO4/c1-19-10-4-2-3-9(14)11(10)12(16)15-6-5-8(7-15)13(17)18/h2-4,8H,5-7H2,1H3,(H,17,18)/t8-/m1/s1. The number of benzene rings is 1. The molecule has 1 saturated heterocycles. The molecule has 1 N–H and O–H groups in total. The van der Waals surface area contributed by atoms with Crippen molar-refractivity contribution in [1.82, 2.24) is 4.90 Å². The smallest absolute Gasteiger partial charge is 0.308 e. The fourth-order valence-corrected chi connectivity index (χ4v) is 2.43. The fraction of sp³-hybridized carbons (Fsp3) is 0.385. The maximum Gasteiger partial charge on any atom is 0.308 e. The van der Waals surface area contributed by atoms with Crippen LogP contribution in [0.25, 0.3) is 0 Å². The molecule has 1 aromatic carbocycles. The zero-order valence-electron chi connectivity index (χ0n) is 10.4. The number of carbonyl (C=O) groups excluding carboxylic acids is 1. The topological polar surface area (TPSA) is 66.8 Å². The average Bonchev–Trinajstić information content (AvgIpc) is 2.87. The van der Waals surface area contributed by atoms with Crippen LogP contribution < -0.4 is 4.74 Å². The monoisotopic (exact) mass is 283 g/mol. The minimum atomic E-state index is -0.874. The zero-order valence-corrected chi connectivity index (χ0v) is 11.2. The summed E-state index contributed by atoms with van der Waals surface area (Å²) in [5, 5.41) is 9.26. The van der Waals surface area contributed by atoms with E-state index in [9.17, 15) is 9.59 Å². The van der Waals surface area contributed by atoms with Crippen molar-refractivity contribution in [3.05, 3.63) is 28.8 Å². The van der Waals surface area contributed by atoms with Gasteiger partial charge in [0.2, 0.25) is 0 Å². The molecule has 1 amide bonds. The second-order valence-corrected chi connectivity index (χ2v) is 4.80. The third-order valence-corrected chi connectivity index (χ3v) is 3.55. The molecule has 0 aromatic heterocycles. The molecule has 2 rings (SSSR count). The molecule has 0 saturated carbocycles. The van der Waals surface area contributed by atoms with Crippen molar-refractivity contribution in [2.75, 3.05) is 20.2 Å². The van der Waals surface area contributed by atoms with Gasteiger partial charge in [-0.05, 0) is 18.6 Å². The van der Waals surface area contributed by atoms with Gasteiger partial charge >= 0.3 is 5.97 Å². The lowest BCUT2D eigenvalue weighted by molar-refractivity contribution is -0.141. The predicted molar refractivity (Wildman–Crippen MR) is 69.7 cm³/mol. The Morgan fingerprint density at radius 3 is 2.79 bits per heavy atom. The molecule has 1 heterocycles. The molecule has 0 aliphatic carbocycles. The largest absolute Gasteiger partial charge is 0.496 e. The quantitative estimate of drug-likeness (QED) is 0.920. The number of nitrogens with zero attached hydrogens (tertiary/aromatic N) is 1. The van der Waals surface area contributed by atoms with Crippen LogP contribution in [0.2, 0.25) is 5.02 Å². The lowest BCUT2D eigenvalue weighted by Crippen LogP contribution is -2.30. The first-order valence-electron chi connectivity index (χ1n) is 5.89. The average molecular weight is 284 g/mol. The van der Waals surface area contributed by atoms with Crippen LogP contribution in [0.4, 0.5) is 0 Å². The summed E-state index contributed by atoms with van der Waals surface area (Å²) in [6, 6.07) is 4.97. The first kappa shape index (κ1) is 13.7. The number of carboxylic acid groups (broad SMARTS) is 1. The third kappa shape index (κ3) is 2.66. The van der Waals surface area contributed by atoms with Gasteiger partial charge in [0.1, 0.15) is 11.3 Å². The molecule has 1 aliphatic rings. The van der Waals surface area contributed by atoms with Crippen molar-refractivity contribution in [3.63, 3.8) is 0 Å². The summed E-state index contributed by atoms with van der Waals surface area (Å²) in [4.78, 5) is 24.8. The molecule has 19 heavy (non-hydrogen) atoms. The van der Waals surface area contributed by atoms with Crippen LogP contribution in [-0.4, -0.2) is 42.1 Å². The van der Waals surface area contributed by atoms with Gasteiger partial charge in [-0.15, -0.1) is 0 Å². The minimum absolute atomic E-state index is 0.211. The van der Waals surface area contributed by atoms with Crippen molar-refractivity contribution in [3.8, 4) is 5.75 Å². The SMILES string of the molecule is COc1cccc(Cl)c1C(=O)N1CC[C@@H](C(=O)O)C1. The van der Waals surface area contributed by atoms with Crippen LogP contribution in [0.1, 0.15) is 16.8 Å². The predicted octanol–water partition coefficient (Wildman–Crippen LogP) is 1.90. The second-order valence-electron chi connectivity index (χ2n) is 4.39. The van der Waals surface area contributed by atoms with E-state index in [2.05, 4.69) is 0 Å². The van der Waals surface area contributed by atoms with Crippen LogP contribution in [0.3, 0.4) is 0 Å². The van der Waals surface area contributed by atoms with Crippen LogP contribution in [0, 0.1) is 5.92 Å². The highest BCUT2D eigenvalue weighted by Gasteiger charge is 2.33. The Balaban J connectivity index is 2.24. The maximum absolute atomic E-state index is 12.4. The normalized spacial score (nSPS) is 18.4. The van der Waals surface area contributed by atoms with Gasteiger partial charge in [0.05, 0.1) is 18.1 Å². The summed E-state index contributed by atoms with van der Waals surface area (Å²) in [6.45, 7) is 0.632. The van der Waals surface area contributed by atoms with Crippen molar-refractivity contribution < 1.29 is 19.4 Å². The highest BCUT2D eigenvalue weighted by Crippen LogP contribution is 2.29. The maximum atomic E-state index is 12.4. The summed E-state index contributed by atoms with van der Waals surface area (Å²) in [5.41, 5.74) is 0.290. The van der Waals surface area contributed by atoms with E-state index in [0.29, 0.717) is 23.7 Å². The van der Waals surface area contributed by atoms with E-state index in [1.54, 1.807) is 18.2 Å². The number of likely N-dealkylation sites (tertiary alicyclic amines) is 1. The van der Waals surface area contributed by atoms with Gasteiger partial charge in [-0.25, -0.2) is 0 Å². The van der Waals surface area contributed by atoms with E-state index in [4.69, 9.17) is 21.4 Å². The Hall–Kier alpha value is -1.75. The Morgan fingerprint density at radius 2 is 2.21 bits per heavy atom. The first-order valence-corrected chi connectivity index (χ1v) is 6.27. The van der Waals surface area contributed by atoms with Gasteiger partial charge in [-0.2, -0.15) is 0 Å². The highest BCUT2D eigenvalue weighted by atomic mass is 35.5. The van der Waals surface area contributed by atoms with E-state index in [0.717, 1.165) is 0 Å². The van der Waals surface area contributed by atoms with Gasteiger partial charge in [-0.1, -0.05) is 17.7 Å². The number of amides is 1. The molecular weight excluding hydrogens is 270 g/mol. The molecule has 6 heteroatoms. The molecule has 102 valence electrons. The number of aliphatic carboxylic acids is 1.